The van der Waals surface area contributed by atoms with Gasteiger partial charge in [0.15, 0.2) is 0 Å². The van der Waals surface area contributed by atoms with Gasteiger partial charge >= 0.3 is 18.2 Å². The average molecular weight is 771 g/mol. The van der Waals surface area contributed by atoms with Crippen LogP contribution in [0.4, 0.5) is 9.59 Å². The van der Waals surface area contributed by atoms with Crippen molar-refractivity contribution < 1.29 is 38.6 Å². The van der Waals surface area contributed by atoms with Crippen molar-refractivity contribution >= 4 is 30.0 Å². The summed E-state index contributed by atoms with van der Waals surface area (Å²) in [7, 11) is 0. The predicted molar refractivity (Wildman–Crippen MR) is 214 cm³/mol. The van der Waals surface area contributed by atoms with Crippen molar-refractivity contribution in [3.63, 3.8) is 0 Å². The van der Waals surface area contributed by atoms with Gasteiger partial charge in [0.25, 0.3) is 0 Å². The number of rotatable bonds is 13. The zero-order valence-electron chi connectivity index (χ0n) is 34.7. The molecule has 54 heavy (non-hydrogen) atoms. The molecule has 0 saturated heterocycles. The van der Waals surface area contributed by atoms with Crippen LogP contribution in [0.1, 0.15) is 176 Å². The third-order valence-corrected chi connectivity index (χ3v) is 8.68. The molecule has 0 atom stereocenters. The molecule has 0 aromatic heterocycles. The number of amides is 4. The molecule has 0 aliphatic heterocycles. The van der Waals surface area contributed by atoms with Crippen molar-refractivity contribution in [1.82, 2.24) is 21.3 Å². The summed E-state index contributed by atoms with van der Waals surface area (Å²) >= 11 is 0. The van der Waals surface area contributed by atoms with Crippen LogP contribution in [0.25, 0.3) is 0 Å². The Kier molecular flexibility index (Phi) is 28.4. The summed E-state index contributed by atoms with van der Waals surface area (Å²) in [6.07, 6.45) is 20.8. The lowest BCUT2D eigenvalue weighted by Crippen LogP contribution is -2.37. The molecule has 0 aromatic rings. The first-order chi connectivity index (χ1) is 25.4. The second-order valence-corrected chi connectivity index (χ2v) is 16.6. The Balaban J connectivity index is 0.000000731. The molecule has 3 aliphatic rings. The smallest absolute Gasteiger partial charge is 0.407 e. The highest BCUT2D eigenvalue weighted by Crippen LogP contribution is 2.18. The zero-order chi connectivity index (χ0) is 40.8. The number of ether oxygens (including phenoxy) is 2. The van der Waals surface area contributed by atoms with Crippen LogP contribution in [-0.2, 0) is 23.9 Å². The summed E-state index contributed by atoms with van der Waals surface area (Å²) in [5, 5.41) is 19.6. The van der Waals surface area contributed by atoms with Crippen LogP contribution >= 0.6 is 0 Å². The number of nitrogens with one attached hydrogen (secondary N) is 4. The van der Waals surface area contributed by atoms with Gasteiger partial charge in [-0.2, -0.15) is 0 Å². The molecule has 3 aliphatic carbocycles. The first-order valence-electron chi connectivity index (χ1n) is 20.6. The van der Waals surface area contributed by atoms with Gasteiger partial charge in [-0.1, -0.05) is 57.8 Å². The second kappa shape index (κ2) is 30.1. The van der Waals surface area contributed by atoms with E-state index in [4.69, 9.17) is 26.0 Å². The van der Waals surface area contributed by atoms with Crippen LogP contribution in [0.15, 0.2) is 0 Å². The number of carbonyl (C=O) groups excluding carboxylic acids is 4. The van der Waals surface area contributed by atoms with Crippen LogP contribution < -0.4 is 32.7 Å². The fourth-order valence-corrected chi connectivity index (χ4v) is 5.99. The van der Waals surface area contributed by atoms with Gasteiger partial charge in [-0.25, -0.2) is 9.59 Å². The largest absolute Gasteiger partial charge is 0.481 e. The summed E-state index contributed by atoms with van der Waals surface area (Å²) in [5.41, 5.74) is 9.96. The van der Waals surface area contributed by atoms with Gasteiger partial charge in [0, 0.05) is 50.5 Å². The van der Waals surface area contributed by atoms with E-state index in [1.165, 1.54) is 70.6 Å². The van der Waals surface area contributed by atoms with Crippen molar-refractivity contribution in [3.8, 4) is 0 Å². The third-order valence-electron chi connectivity index (χ3n) is 8.68. The van der Waals surface area contributed by atoms with Gasteiger partial charge < -0.3 is 47.3 Å². The van der Waals surface area contributed by atoms with Gasteiger partial charge in [0.2, 0.25) is 11.8 Å². The number of carboxylic acids is 1. The standard InChI is InChI=1S/C15H28N2O3.C10H20N2O.C9H17NO4.C6H13N/c1-15(2,3)20-14(19)16-11-7-10-13(18)17-12-8-5-4-6-9-12;11-8-4-7-10(13)12-9-5-2-1-3-6-9;1-9(2,3)14-8(13)10-6-4-5-7(11)12;7-6-4-2-1-3-5-6/h12H,4-11H2,1-3H3,(H,16,19)(H,17,18);9H,1-8,11H2,(H,12,13);4-6H2,1-3H3,(H,10,13)(H,11,12);6H,1-5,7H2. The van der Waals surface area contributed by atoms with Crippen LogP contribution in [-0.4, -0.2) is 84.0 Å². The molecule has 3 rings (SSSR count). The Morgan fingerprint density at radius 1 is 0.574 bits per heavy atom. The molecular formula is C40H78N6O8. The molecular weight excluding hydrogens is 692 g/mol. The number of alkyl carbamates (subject to hydrolysis) is 2. The van der Waals surface area contributed by atoms with E-state index in [2.05, 4.69) is 21.3 Å². The predicted octanol–water partition coefficient (Wildman–Crippen LogP) is 6.57. The quantitative estimate of drug-likeness (QED) is 0.0998. The highest BCUT2D eigenvalue weighted by molar-refractivity contribution is 5.76. The summed E-state index contributed by atoms with van der Waals surface area (Å²) in [4.78, 5) is 55.6. The summed E-state index contributed by atoms with van der Waals surface area (Å²) in [6, 6.07) is 1.34. The van der Waals surface area contributed by atoms with E-state index < -0.39 is 29.4 Å². The minimum absolute atomic E-state index is 0.0514. The van der Waals surface area contributed by atoms with Gasteiger partial charge in [-0.05, 0) is 106 Å². The first-order valence-corrected chi connectivity index (χ1v) is 20.6. The second-order valence-electron chi connectivity index (χ2n) is 16.6. The molecule has 316 valence electrons. The highest BCUT2D eigenvalue weighted by atomic mass is 16.6. The molecule has 0 heterocycles. The molecule has 0 aromatic carbocycles. The lowest BCUT2D eigenvalue weighted by Gasteiger charge is -2.22. The molecule has 14 heteroatoms. The highest BCUT2D eigenvalue weighted by Gasteiger charge is 2.18. The van der Waals surface area contributed by atoms with Gasteiger partial charge in [-0.3, -0.25) is 14.4 Å². The van der Waals surface area contributed by atoms with E-state index >= 15 is 0 Å². The zero-order valence-corrected chi connectivity index (χ0v) is 34.7. The number of aliphatic carboxylic acids is 1. The summed E-state index contributed by atoms with van der Waals surface area (Å²) in [6.45, 7) is 12.2. The van der Waals surface area contributed by atoms with E-state index in [9.17, 15) is 24.0 Å². The van der Waals surface area contributed by atoms with Crippen LogP contribution in [0.3, 0.4) is 0 Å². The van der Waals surface area contributed by atoms with Crippen molar-refractivity contribution in [3.05, 3.63) is 0 Å². The minimum atomic E-state index is -0.865. The first kappa shape index (κ1) is 50.9. The Morgan fingerprint density at radius 2 is 0.926 bits per heavy atom. The van der Waals surface area contributed by atoms with Crippen molar-refractivity contribution in [1.29, 1.82) is 0 Å². The van der Waals surface area contributed by atoms with Crippen LogP contribution in [0.2, 0.25) is 0 Å². The maximum Gasteiger partial charge on any atom is 0.407 e. The molecule has 0 unspecified atom stereocenters. The van der Waals surface area contributed by atoms with E-state index in [0.717, 1.165) is 32.1 Å². The number of nitrogens with two attached hydrogens (primary N) is 2. The third kappa shape index (κ3) is 34.6. The SMILES string of the molecule is CC(C)(C)OC(=O)NCCCC(=O)NC1CCCCC1.CC(C)(C)OC(=O)NCCCC(=O)O.NC1CCCCC1.NCCCC(=O)NC1CCCCC1. The maximum atomic E-state index is 11.7. The van der Waals surface area contributed by atoms with E-state index in [0.29, 0.717) is 63.4 Å². The molecule has 4 amide bonds. The van der Waals surface area contributed by atoms with Crippen molar-refractivity contribution in [2.24, 2.45) is 11.5 Å². The van der Waals surface area contributed by atoms with Gasteiger partial charge in [0.1, 0.15) is 11.2 Å². The number of hydrogen-bond acceptors (Lipinski definition) is 9. The van der Waals surface area contributed by atoms with Gasteiger partial charge in [0.05, 0.1) is 0 Å². The average Bonchev–Trinajstić information content (AvgIpc) is 3.08. The number of hydrogen-bond donors (Lipinski definition) is 7. The van der Waals surface area contributed by atoms with Crippen LogP contribution in [0, 0.1) is 0 Å². The number of carboxylic acid groups (broad SMARTS) is 1. The van der Waals surface area contributed by atoms with E-state index in [-0.39, 0.29) is 18.2 Å². The molecule has 9 N–H and O–H groups in total. The van der Waals surface area contributed by atoms with Gasteiger partial charge in [-0.15, -0.1) is 0 Å². The fourth-order valence-electron chi connectivity index (χ4n) is 5.99. The monoisotopic (exact) mass is 771 g/mol. The maximum absolute atomic E-state index is 11.7. The number of carbonyl (C=O) groups is 5. The normalized spacial score (nSPS) is 16.7. The van der Waals surface area contributed by atoms with Crippen molar-refractivity contribution in [2.75, 3.05) is 19.6 Å². The van der Waals surface area contributed by atoms with Crippen LogP contribution in [0.5, 0.6) is 0 Å². The lowest BCUT2D eigenvalue weighted by atomic mass is 9.95. The molecule has 3 fully saturated rings. The lowest BCUT2D eigenvalue weighted by molar-refractivity contribution is -0.137. The molecule has 14 nitrogen and oxygen atoms in total. The topological polar surface area (TPSA) is 224 Å². The minimum Gasteiger partial charge on any atom is -0.481 e. The molecule has 0 bridgehead atoms. The van der Waals surface area contributed by atoms with Crippen molar-refractivity contribution in [2.45, 2.75) is 206 Å². The van der Waals surface area contributed by atoms with E-state index in [1.54, 1.807) is 20.8 Å². The fraction of sp³-hybridized carbons (Fsp3) is 0.875. The Hall–Kier alpha value is -3.13. The Morgan fingerprint density at radius 3 is 1.24 bits per heavy atom. The molecule has 0 radical (unpaired) electrons. The molecule has 0 spiro atoms. The summed E-state index contributed by atoms with van der Waals surface area (Å²) in [5.74, 6) is -0.601. The summed E-state index contributed by atoms with van der Waals surface area (Å²) < 4.78 is 10.1. The molecule has 3 saturated carbocycles. The Labute approximate surface area is 326 Å². The Bertz CT molecular complexity index is 1030. The van der Waals surface area contributed by atoms with E-state index in [1.807, 2.05) is 20.8 Å².